The molecular weight excluding hydrogens is 435 g/mol. The molecule has 1 amide bonds. The van der Waals surface area contributed by atoms with Crippen molar-refractivity contribution in [2.75, 3.05) is 7.11 Å². The van der Waals surface area contributed by atoms with E-state index < -0.39 is 0 Å². The van der Waals surface area contributed by atoms with Crippen molar-refractivity contribution in [3.63, 3.8) is 0 Å². The number of benzene rings is 3. The number of carbonyl (C=O) groups excluding carboxylic acids is 1. The second-order valence-corrected chi connectivity index (χ2v) is 7.57. The molecule has 0 fully saturated rings. The molecule has 0 unspecified atom stereocenters. The molecule has 0 spiro atoms. The van der Waals surface area contributed by atoms with Crippen LogP contribution in [0.5, 0.6) is 5.75 Å². The van der Waals surface area contributed by atoms with Gasteiger partial charge in [0.2, 0.25) is 5.89 Å². The van der Waals surface area contributed by atoms with Gasteiger partial charge in [-0.3, -0.25) is 4.79 Å². The Kier molecular flexibility index (Phi) is 6.26. The third-order valence-corrected chi connectivity index (χ3v) is 5.32. The zero-order valence-corrected chi connectivity index (χ0v) is 18.1. The molecule has 0 saturated carbocycles. The van der Waals surface area contributed by atoms with Gasteiger partial charge in [-0.2, -0.15) is 0 Å². The number of hydrogen-bond acceptors (Lipinski definition) is 4. The van der Waals surface area contributed by atoms with E-state index in [0.29, 0.717) is 32.8 Å². The molecule has 4 aromatic rings. The lowest BCUT2D eigenvalue weighted by molar-refractivity contribution is 0.0951. The highest BCUT2D eigenvalue weighted by Gasteiger charge is 2.17. The van der Waals surface area contributed by atoms with Gasteiger partial charge in [0, 0.05) is 27.7 Å². The maximum atomic E-state index is 12.9. The van der Waals surface area contributed by atoms with Gasteiger partial charge in [0.05, 0.1) is 18.9 Å². The van der Waals surface area contributed by atoms with Crippen molar-refractivity contribution in [3.05, 3.63) is 94.1 Å². The van der Waals surface area contributed by atoms with E-state index in [0.717, 1.165) is 16.9 Å². The van der Waals surface area contributed by atoms with Gasteiger partial charge in [0.25, 0.3) is 5.91 Å². The smallest absolute Gasteiger partial charge is 0.252 e. The molecule has 7 heteroatoms. The molecule has 3 aromatic carbocycles. The number of ether oxygens (including phenoxy) is 1. The third-order valence-electron chi connectivity index (χ3n) is 4.74. The highest BCUT2D eigenvalue weighted by molar-refractivity contribution is 6.35. The number of halogens is 2. The maximum absolute atomic E-state index is 12.9. The van der Waals surface area contributed by atoms with Crippen molar-refractivity contribution < 1.29 is 13.9 Å². The average molecular weight is 453 g/mol. The van der Waals surface area contributed by atoms with E-state index in [1.807, 2.05) is 30.3 Å². The monoisotopic (exact) mass is 452 g/mol. The fourth-order valence-electron chi connectivity index (χ4n) is 3.09. The molecule has 0 saturated heterocycles. The summed E-state index contributed by atoms with van der Waals surface area (Å²) in [5.74, 6) is 1.46. The fraction of sp³-hybridized carbons (Fsp3) is 0.0833. The van der Waals surface area contributed by atoms with Gasteiger partial charge in [0.1, 0.15) is 5.75 Å². The summed E-state index contributed by atoms with van der Waals surface area (Å²) in [6, 6.07) is 19.8. The van der Waals surface area contributed by atoms with E-state index in [2.05, 4.69) is 10.3 Å². The minimum Gasteiger partial charge on any atom is -0.497 e. The van der Waals surface area contributed by atoms with Gasteiger partial charge in [-0.25, -0.2) is 4.98 Å². The second-order valence-electron chi connectivity index (χ2n) is 6.72. The summed E-state index contributed by atoms with van der Waals surface area (Å²) in [4.78, 5) is 17.3. The molecule has 1 heterocycles. The van der Waals surface area contributed by atoms with Gasteiger partial charge >= 0.3 is 0 Å². The number of hydrogen-bond donors (Lipinski definition) is 1. The Balaban J connectivity index is 1.55. The summed E-state index contributed by atoms with van der Waals surface area (Å²) in [5.41, 5.74) is 2.69. The van der Waals surface area contributed by atoms with Crippen LogP contribution in [0.4, 0.5) is 0 Å². The van der Waals surface area contributed by atoms with Gasteiger partial charge in [-0.05, 0) is 54.1 Å². The van der Waals surface area contributed by atoms with Crippen LogP contribution in [-0.4, -0.2) is 18.0 Å². The number of nitrogens with zero attached hydrogens (tertiary/aromatic N) is 1. The predicted octanol–water partition coefficient (Wildman–Crippen LogP) is 6.25. The van der Waals surface area contributed by atoms with E-state index in [-0.39, 0.29) is 12.5 Å². The zero-order valence-electron chi connectivity index (χ0n) is 16.6. The molecule has 0 aliphatic carbocycles. The van der Waals surface area contributed by atoms with E-state index in [9.17, 15) is 4.79 Å². The van der Waals surface area contributed by atoms with Crippen molar-refractivity contribution in [3.8, 4) is 28.5 Å². The molecule has 0 atom stereocenters. The van der Waals surface area contributed by atoms with Crippen molar-refractivity contribution >= 4 is 29.1 Å². The normalized spacial score (nSPS) is 10.7. The van der Waals surface area contributed by atoms with E-state index in [4.69, 9.17) is 32.4 Å². The molecule has 0 radical (unpaired) electrons. The molecule has 31 heavy (non-hydrogen) atoms. The van der Waals surface area contributed by atoms with Crippen LogP contribution in [0.2, 0.25) is 10.0 Å². The van der Waals surface area contributed by atoms with Gasteiger partial charge in [-0.15, -0.1) is 0 Å². The first-order valence-corrected chi connectivity index (χ1v) is 10.2. The molecular formula is C24H18Cl2N2O3. The predicted molar refractivity (Wildman–Crippen MR) is 122 cm³/mol. The first-order chi connectivity index (χ1) is 15.0. The summed E-state index contributed by atoms with van der Waals surface area (Å²) in [6.45, 7) is 0.270. The number of aromatic nitrogens is 1. The van der Waals surface area contributed by atoms with Gasteiger partial charge in [0.15, 0.2) is 5.76 Å². The zero-order chi connectivity index (χ0) is 21.8. The average Bonchev–Trinajstić information content (AvgIpc) is 3.28. The molecule has 5 nitrogen and oxygen atoms in total. The summed E-state index contributed by atoms with van der Waals surface area (Å²) < 4.78 is 11.1. The van der Waals surface area contributed by atoms with Crippen molar-refractivity contribution in [1.82, 2.24) is 10.3 Å². The molecule has 0 bridgehead atoms. The molecule has 4 rings (SSSR count). The van der Waals surface area contributed by atoms with Crippen molar-refractivity contribution in [2.45, 2.75) is 6.54 Å². The highest BCUT2D eigenvalue weighted by Crippen LogP contribution is 2.29. The Hall–Kier alpha value is -3.28. The number of amides is 1. The first kappa shape index (κ1) is 21.0. The van der Waals surface area contributed by atoms with Gasteiger partial charge in [-0.1, -0.05) is 41.4 Å². The lowest BCUT2D eigenvalue weighted by atomic mass is 10.1. The van der Waals surface area contributed by atoms with Crippen LogP contribution in [0, 0.1) is 0 Å². The summed E-state index contributed by atoms with van der Waals surface area (Å²) in [5, 5.41) is 3.93. The van der Waals surface area contributed by atoms with E-state index >= 15 is 0 Å². The molecule has 1 N–H and O–H groups in total. The van der Waals surface area contributed by atoms with E-state index in [1.54, 1.807) is 49.7 Å². The Morgan fingerprint density at radius 1 is 1.06 bits per heavy atom. The molecule has 156 valence electrons. The maximum Gasteiger partial charge on any atom is 0.252 e. The quantitative estimate of drug-likeness (QED) is 0.375. The lowest BCUT2D eigenvalue weighted by Gasteiger charge is -2.09. The van der Waals surface area contributed by atoms with Crippen LogP contribution in [0.25, 0.3) is 22.8 Å². The minimum atomic E-state index is -0.259. The molecule has 0 aliphatic heterocycles. The summed E-state index contributed by atoms with van der Waals surface area (Å²) >= 11 is 12.1. The molecule has 0 aliphatic rings. The fourth-order valence-corrected chi connectivity index (χ4v) is 3.57. The Morgan fingerprint density at radius 3 is 2.58 bits per heavy atom. The molecule has 1 aromatic heterocycles. The van der Waals surface area contributed by atoms with Crippen molar-refractivity contribution in [2.24, 2.45) is 0 Å². The number of rotatable bonds is 6. The second kappa shape index (κ2) is 9.25. The topological polar surface area (TPSA) is 64.4 Å². The van der Waals surface area contributed by atoms with Crippen LogP contribution >= 0.6 is 23.2 Å². The Labute approximate surface area is 189 Å². The number of methoxy groups -OCH3 is 1. The van der Waals surface area contributed by atoms with Crippen LogP contribution < -0.4 is 10.1 Å². The highest BCUT2D eigenvalue weighted by atomic mass is 35.5. The van der Waals surface area contributed by atoms with Crippen molar-refractivity contribution in [1.29, 1.82) is 0 Å². The standard InChI is InChI=1S/C24H18Cl2N2O3/c1-30-18-10-7-15(8-11-18)22-14-28-24(31-22)20-5-3-2-4-19(20)23(29)27-13-16-6-9-17(25)12-21(16)26/h2-12,14H,13H2,1H3,(H,27,29). The van der Waals surface area contributed by atoms with E-state index in [1.165, 1.54) is 0 Å². The SMILES string of the molecule is COc1ccc(-c2cnc(-c3ccccc3C(=O)NCc3ccc(Cl)cc3Cl)o2)cc1. The van der Waals surface area contributed by atoms with Crippen LogP contribution in [0.15, 0.2) is 77.3 Å². The Bertz CT molecular complexity index is 1220. The number of nitrogens with one attached hydrogen (secondary N) is 1. The third kappa shape index (κ3) is 4.74. The first-order valence-electron chi connectivity index (χ1n) is 9.47. The minimum absolute atomic E-state index is 0.259. The van der Waals surface area contributed by atoms with Crippen LogP contribution in [-0.2, 0) is 6.54 Å². The Morgan fingerprint density at radius 2 is 1.84 bits per heavy atom. The van der Waals surface area contributed by atoms with Crippen LogP contribution in [0.3, 0.4) is 0 Å². The van der Waals surface area contributed by atoms with Gasteiger partial charge < -0.3 is 14.5 Å². The summed E-state index contributed by atoms with van der Waals surface area (Å²) in [7, 11) is 1.62. The number of carbonyl (C=O) groups is 1. The largest absolute Gasteiger partial charge is 0.497 e. The number of oxazole rings is 1. The summed E-state index contributed by atoms with van der Waals surface area (Å²) in [6.07, 6.45) is 1.64. The van der Waals surface area contributed by atoms with Crippen LogP contribution in [0.1, 0.15) is 15.9 Å². The lowest BCUT2D eigenvalue weighted by Crippen LogP contribution is -2.23.